The summed E-state index contributed by atoms with van der Waals surface area (Å²) in [6, 6.07) is 3.19. The van der Waals surface area contributed by atoms with Crippen LogP contribution in [0.15, 0.2) is 22.1 Å². The molecule has 3 rings (SSSR count). The van der Waals surface area contributed by atoms with Crippen LogP contribution in [-0.2, 0) is 18.8 Å². The van der Waals surface area contributed by atoms with Crippen LogP contribution in [0.5, 0.6) is 0 Å². The van der Waals surface area contributed by atoms with Crippen LogP contribution in [0.3, 0.4) is 0 Å². The molecule has 25 heavy (non-hydrogen) atoms. The molecule has 0 atom stereocenters. The smallest absolute Gasteiger partial charge is 0.262 e. The average molecular weight is 416 g/mol. The van der Waals surface area contributed by atoms with Crippen LogP contribution >= 0.6 is 47.2 Å². The average Bonchev–Trinajstić information content (AvgIpc) is 2.93. The number of hydrogen-bond acceptors (Lipinski definition) is 5. The Morgan fingerprint density at radius 2 is 1.96 bits per heavy atom. The molecule has 6 nitrogen and oxygen atoms in total. The Labute approximate surface area is 163 Å². The first kappa shape index (κ1) is 18.4. The first-order valence-corrected chi connectivity index (χ1v) is 9.77. The Hall–Kier alpha value is -1.35. The highest BCUT2D eigenvalue weighted by molar-refractivity contribution is 7.98. The van der Waals surface area contributed by atoms with E-state index in [2.05, 4.69) is 15.2 Å². The van der Waals surface area contributed by atoms with Crippen molar-refractivity contribution >= 4 is 58.1 Å². The number of thioether (sulfide) groups is 1. The number of aromatic nitrogens is 5. The molecule has 0 aliphatic heterocycles. The van der Waals surface area contributed by atoms with Gasteiger partial charge in [0.25, 0.3) is 5.56 Å². The number of benzene rings is 1. The van der Waals surface area contributed by atoms with Gasteiger partial charge in [-0.3, -0.25) is 14.5 Å². The van der Waals surface area contributed by atoms with Crippen LogP contribution in [-0.4, -0.2) is 24.3 Å². The normalized spacial score (nSPS) is 11.4. The summed E-state index contributed by atoms with van der Waals surface area (Å²) in [7, 11) is 0. The van der Waals surface area contributed by atoms with E-state index < -0.39 is 0 Å². The third kappa shape index (κ3) is 3.48. The Bertz CT molecular complexity index is 1060. The fourth-order valence-electron chi connectivity index (χ4n) is 2.54. The fraction of sp³-hybridized carbons (Fsp3) is 0.333. The van der Waals surface area contributed by atoms with E-state index in [0.717, 1.165) is 12.4 Å². The summed E-state index contributed by atoms with van der Waals surface area (Å²) in [4.78, 5) is 17.4. The summed E-state index contributed by atoms with van der Waals surface area (Å²) in [5, 5.41) is 8.80. The molecule has 3 aromatic rings. The van der Waals surface area contributed by atoms with E-state index in [1.54, 1.807) is 16.7 Å². The molecule has 0 bridgehead atoms. The lowest BCUT2D eigenvalue weighted by Crippen LogP contribution is -2.22. The van der Waals surface area contributed by atoms with Gasteiger partial charge in [0.15, 0.2) is 9.93 Å². The fourth-order valence-corrected chi connectivity index (χ4v) is 4.35. The largest absolute Gasteiger partial charge is 0.304 e. The van der Waals surface area contributed by atoms with Crippen molar-refractivity contribution in [1.82, 2.24) is 24.3 Å². The lowest BCUT2D eigenvalue weighted by Gasteiger charge is -2.12. The quantitative estimate of drug-likeness (QED) is 0.382. The predicted octanol–water partition coefficient (Wildman–Crippen LogP) is 4.29. The van der Waals surface area contributed by atoms with E-state index in [-0.39, 0.29) is 5.56 Å². The van der Waals surface area contributed by atoms with E-state index >= 15 is 0 Å². The van der Waals surface area contributed by atoms with Gasteiger partial charge in [-0.1, -0.05) is 35.0 Å². The van der Waals surface area contributed by atoms with Crippen LogP contribution in [0.25, 0.3) is 10.9 Å². The van der Waals surface area contributed by atoms with Crippen molar-refractivity contribution in [1.29, 1.82) is 0 Å². The topological polar surface area (TPSA) is 68.5 Å². The highest BCUT2D eigenvalue weighted by Crippen LogP contribution is 2.27. The van der Waals surface area contributed by atoms with Gasteiger partial charge in [-0.05, 0) is 38.2 Å². The van der Waals surface area contributed by atoms with Crippen molar-refractivity contribution < 1.29 is 0 Å². The third-order valence-corrected chi connectivity index (χ3v) is 5.53. The van der Waals surface area contributed by atoms with Crippen LogP contribution in [0, 0.1) is 4.77 Å². The Kier molecular flexibility index (Phi) is 5.52. The van der Waals surface area contributed by atoms with E-state index in [1.807, 2.05) is 18.4 Å². The minimum atomic E-state index is -0.159. The van der Waals surface area contributed by atoms with Gasteiger partial charge in [0, 0.05) is 18.1 Å². The highest BCUT2D eigenvalue weighted by Gasteiger charge is 2.15. The summed E-state index contributed by atoms with van der Waals surface area (Å²) >= 11 is 18.9. The zero-order valence-corrected chi connectivity index (χ0v) is 16.7. The van der Waals surface area contributed by atoms with Crippen molar-refractivity contribution in [3.8, 4) is 0 Å². The molecular formula is C15H15Cl2N5OS2. The summed E-state index contributed by atoms with van der Waals surface area (Å²) < 4.78 is 4.09. The molecule has 0 spiro atoms. The van der Waals surface area contributed by atoms with Gasteiger partial charge in [0.1, 0.15) is 5.82 Å². The van der Waals surface area contributed by atoms with Crippen molar-refractivity contribution in [2.45, 2.75) is 37.8 Å². The lowest BCUT2D eigenvalue weighted by atomic mass is 10.2. The number of nitrogens with one attached hydrogen (secondary N) is 1. The van der Waals surface area contributed by atoms with Gasteiger partial charge in [-0.25, -0.2) is 4.98 Å². The number of aromatic amines is 1. The molecule has 0 fully saturated rings. The van der Waals surface area contributed by atoms with Gasteiger partial charge >= 0.3 is 0 Å². The maximum absolute atomic E-state index is 12.8. The third-order valence-electron chi connectivity index (χ3n) is 3.74. The second-order valence-electron chi connectivity index (χ2n) is 5.21. The maximum atomic E-state index is 12.8. The van der Waals surface area contributed by atoms with Gasteiger partial charge in [-0.15, -0.1) is 0 Å². The van der Waals surface area contributed by atoms with Crippen molar-refractivity contribution in [3.05, 3.63) is 43.1 Å². The number of nitrogens with zero attached hydrogens (tertiary/aromatic N) is 4. The van der Waals surface area contributed by atoms with Crippen LogP contribution in [0.2, 0.25) is 10.0 Å². The zero-order chi connectivity index (χ0) is 18.1. The van der Waals surface area contributed by atoms with E-state index in [1.165, 1.54) is 11.8 Å². The molecule has 0 radical (unpaired) electrons. The van der Waals surface area contributed by atoms with Gasteiger partial charge in [0.2, 0.25) is 0 Å². The molecule has 0 aliphatic carbocycles. The number of hydrogen-bond donors (Lipinski definition) is 1. The summed E-state index contributed by atoms with van der Waals surface area (Å²) in [6.45, 7) is 5.11. The summed E-state index contributed by atoms with van der Waals surface area (Å²) in [5.41, 5.74) is 0.298. The minimum absolute atomic E-state index is 0.159. The SMILES string of the molecule is CCn1c(CSc2nc3c(Cl)cc(Cl)cc3c(=O)n2CC)n[nH]c1=S. The van der Waals surface area contributed by atoms with Crippen molar-refractivity contribution in [3.63, 3.8) is 0 Å². The van der Waals surface area contributed by atoms with E-state index in [0.29, 0.717) is 43.2 Å². The standard InChI is InChI=1S/C15H15Cl2N5OS2/c1-3-21-11(19-20-14(21)24)7-25-15-18-12-9(13(23)22(15)4-2)5-8(16)6-10(12)17/h5-6H,3-4,7H2,1-2H3,(H,20,24). The first-order valence-electron chi connectivity index (χ1n) is 7.62. The molecule has 2 heterocycles. The van der Waals surface area contributed by atoms with Gasteiger partial charge < -0.3 is 4.57 Å². The predicted molar refractivity (Wildman–Crippen MR) is 104 cm³/mol. The van der Waals surface area contributed by atoms with Crippen molar-refractivity contribution in [2.24, 2.45) is 0 Å². The van der Waals surface area contributed by atoms with E-state index in [4.69, 9.17) is 35.4 Å². The Morgan fingerprint density at radius 3 is 2.64 bits per heavy atom. The molecule has 0 saturated heterocycles. The molecule has 0 saturated carbocycles. The maximum Gasteiger partial charge on any atom is 0.262 e. The highest BCUT2D eigenvalue weighted by atomic mass is 35.5. The minimum Gasteiger partial charge on any atom is -0.304 e. The lowest BCUT2D eigenvalue weighted by molar-refractivity contribution is 0.633. The van der Waals surface area contributed by atoms with Crippen LogP contribution in [0.4, 0.5) is 0 Å². The van der Waals surface area contributed by atoms with Crippen molar-refractivity contribution in [2.75, 3.05) is 0 Å². The Morgan fingerprint density at radius 1 is 1.24 bits per heavy atom. The second-order valence-corrected chi connectivity index (χ2v) is 7.38. The number of halogens is 2. The molecule has 2 aromatic heterocycles. The number of H-pyrrole nitrogens is 1. The number of rotatable bonds is 5. The molecule has 0 unspecified atom stereocenters. The molecular weight excluding hydrogens is 401 g/mol. The second kappa shape index (κ2) is 7.49. The molecule has 0 aliphatic rings. The van der Waals surface area contributed by atoms with Gasteiger partial charge in [0.05, 0.1) is 21.7 Å². The van der Waals surface area contributed by atoms with Crippen LogP contribution < -0.4 is 5.56 Å². The monoisotopic (exact) mass is 415 g/mol. The molecule has 132 valence electrons. The zero-order valence-electron chi connectivity index (χ0n) is 13.5. The first-order chi connectivity index (χ1) is 12.0. The molecule has 1 aromatic carbocycles. The van der Waals surface area contributed by atoms with E-state index in [9.17, 15) is 4.79 Å². The number of fused-ring (bicyclic) bond motifs is 1. The summed E-state index contributed by atoms with van der Waals surface area (Å²) in [6.07, 6.45) is 0. The Balaban J connectivity index is 2.06. The summed E-state index contributed by atoms with van der Waals surface area (Å²) in [5.74, 6) is 1.33. The van der Waals surface area contributed by atoms with Crippen LogP contribution in [0.1, 0.15) is 19.7 Å². The molecule has 10 heteroatoms. The molecule has 1 N–H and O–H groups in total. The van der Waals surface area contributed by atoms with Gasteiger partial charge in [-0.2, -0.15) is 5.10 Å². The molecule has 0 amide bonds.